The Bertz CT molecular complexity index is 747. The largest absolute Gasteiger partial charge is 0.322 e. The number of rotatable bonds is 4. The molecule has 0 aliphatic rings. The van der Waals surface area contributed by atoms with E-state index in [-0.39, 0.29) is 5.82 Å². The third kappa shape index (κ3) is 2.41. The fourth-order valence-electron chi connectivity index (χ4n) is 2.31. The molecule has 0 atom stereocenters. The molecule has 0 aliphatic heterocycles. The van der Waals surface area contributed by atoms with Crippen molar-refractivity contribution in [2.75, 3.05) is 5.88 Å². The highest BCUT2D eigenvalue weighted by Crippen LogP contribution is 2.19. The van der Waals surface area contributed by atoms with Crippen LogP contribution in [0.5, 0.6) is 0 Å². The zero-order chi connectivity index (χ0) is 14.1. The van der Waals surface area contributed by atoms with Crippen LogP contribution in [0.4, 0.5) is 4.39 Å². The van der Waals surface area contributed by atoms with Crippen molar-refractivity contribution in [2.45, 2.75) is 13.0 Å². The van der Waals surface area contributed by atoms with Crippen molar-refractivity contribution >= 4 is 22.6 Å². The third-order valence-electron chi connectivity index (χ3n) is 3.20. The molecule has 0 radical (unpaired) electrons. The lowest BCUT2D eigenvalue weighted by atomic mass is 10.3. The Balaban J connectivity index is 2.08. The summed E-state index contributed by atoms with van der Waals surface area (Å²) in [5, 5.41) is 4.37. The van der Waals surface area contributed by atoms with Gasteiger partial charge in [0.15, 0.2) is 0 Å². The second-order valence-corrected chi connectivity index (χ2v) is 5.04. The van der Waals surface area contributed by atoms with E-state index in [1.54, 1.807) is 10.7 Å². The molecular weight excluding hydrogens is 279 g/mol. The van der Waals surface area contributed by atoms with Crippen LogP contribution in [0.1, 0.15) is 11.5 Å². The molecule has 0 unspecified atom stereocenters. The minimum Gasteiger partial charge on any atom is -0.322 e. The minimum atomic E-state index is -0.280. The fourth-order valence-corrected chi connectivity index (χ4v) is 2.48. The number of hydrogen-bond donors (Lipinski definition) is 0. The molecule has 0 N–H and O–H groups in total. The van der Waals surface area contributed by atoms with Gasteiger partial charge in [0.25, 0.3) is 0 Å². The number of halogens is 2. The summed E-state index contributed by atoms with van der Waals surface area (Å²) in [6, 6.07) is 6.60. The Kier molecular flexibility index (Phi) is 3.44. The van der Waals surface area contributed by atoms with Crippen LogP contribution in [0.2, 0.25) is 0 Å². The first-order valence-electron chi connectivity index (χ1n) is 6.36. The van der Waals surface area contributed by atoms with Crippen LogP contribution < -0.4 is 0 Å². The van der Waals surface area contributed by atoms with Gasteiger partial charge in [-0.15, -0.1) is 11.6 Å². The summed E-state index contributed by atoms with van der Waals surface area (Å²) in [7, 11) is 1.88. The summed E-state index contributed by atoms with van der Waals surface area (Å²) in [5.41, 5.74) is 2.49. The quantitative estimate of drug-likeness (QED) is 0.693. The third-order valence-corrected chi connectivity index (χ3v) is 3.39. The first-order valence-corrected chi connectivity index (χ1v) is 6.90. The van der Waals surface area contributed by atoms with E-state index in [1.165, 1.54) is 12.1 Å². The summed E-state index contributed by atoms with van der Waals surface area (Å²) in [6.07, 6.45) is 2.54. The number of alkyl halides is 1. The Morgan fingerprint density at radius 1 is 1.30 bits per heavy atom. The molecule has 2 aromatic heterocycles. The van der Waals surface area contributed by atoms with E-state index in [9.17, 15) is 4.39 Å². The van der Waals surface area contributed by atoms with Crippen molar-refractivity contribution in [2.24, 2.45) is 7.05 Å². The van der Waals surface area contributed by atoms with Gasteiger partial charge < -0.3 is 4.57 Å². The monoisotopic (exact) mass is 292 g/mol. The van der Waals surface area contributed by atoms with Gasteiger partial charge in [-0.1, -0.05) is 0 Å². The van der Waals surface area contributed by atoms with Crippen LogP contribution in [0, 0.1) is 5.82 Å². The van der Waals surface area contributed by atoms with E-state index in [1.807, 2.05) is 23.9 Å². The second kappa shape index (κ2) is 5.25. The molecule has 1 aromatic carbocycles. The molecule has 6 heteroatoms. The lowest BCUT2D eigenvalue weighted by molar-refractivity contribution is 0.629. The Morgan fingerprint density at radius 2 is 2.15 bits per heavy atom. The molecule has 0 spiro atoms. The van der Waals surface area contributed by atoms with Crippen LogP contribution in [-0.4, -0.2) is 25.2 Å². The predicted octanol–water partition coefficient (Wildman–Crippen LogP) is 2.74. The van der Waals surface area contributed by atoms with Gasteiger partial charge in [-0.2, -0.15) is 5.10 Å². The van der Waals surface area contributed by atoms with Crippen molar-refractivity contribution < 1.29 is 4.39 Å². The van der Waals surface area contributed by atoms with Crippen molar-refractivity contribution in [3.05, 3.63) is 47.8 Å². The van der Waals surface area contributed by atoms with Gasteiger partial charge in [0, 0.05) is 31.6 Å². The van der Waals surface area contributed by atoms with E-state index in [0.717, 1.165) is 17.0 Å². The van der Waals surface area contributed by atoms with Crippen LogP contribution in [0.3, 0.4) is 0 Å². The standard InChI is InChI=1S/C14H14ClFN4/c1-19-7-5-11(18-19)9-20-13-3-2-10(16)8-12(13)17-14(20)4-6-15/h2-3,5,7-8H,4,6,9H2,1H3. The van der Waals surface area contributed by atoms with Gasteiger partial charge >= 0.3 is 0 Å². The van der Waals surface area contributed by atoms with Crippen LogP contribution in [-0.2, 0) is 20.0 Å². The van der Waals surface area contributed by atoms with Crippen LogP contribution in [0.25, 0.3) is 11.0 Å². The summed E-state index contributed by atoms with van der Waals surface area (Å²) in [5.74, 6) is 1.05. The molecule has 4 nitrogen and oxygen atoms in total. The zero-order valence-corrected chi connectivity index (χ0v) is 11.8. The van der Waals surface area contributed by atoms with Crippen molar-refractivity contribution in [3.8, 4) is 0 Å². The molecule has 3 aromatic rings. The number of fused-ring (bicyclic) bond motifs is 1. The Hall–Kier alpha value is -1.88. The number of nitrogens with zero attached hydrogens (tertiary/aromatic N) is 4. The van der Waals surface area contributed by atoms with Crippen molar-refractivity contribution in [1.29, 1.82) is 0 Å². The Morgan fingerprint density at radius 3 is 2.85 bits per heavy atom. The Labute approximate surface area is 120 Å². The fraction of sp³-hybridized carbons (Fsp3) is 0.286. The number of aryl methyl sites for hydroxylation is 2. The minimum absolute atomic E-state index is 0.280. The molecule has 3 rings (SSSR count). The average molecular weight is 293 g/mol. The molecular formula is C14H14ClFN4. The highest BCUT2D eigenvalue weighted by atomic mass is 35.5. The molecule has 0 saturated carbocycles. The van der Waals surface area contributed by atoms with Crippen molar-refractivity contribution in [1.82, 2.24) is 19.3 Å². The first-order chi connectivity index (χ1) is 9.67. The highest BCUT2D eigenvalue weighted by Gasteiger charge is 2.12. The van der Waals surface area contributed by atoms with Gasteiger partial charge in [0.05, 0.1) is 23.3 Å². The topological polar surface area (TPSA) is 35.6 Å². The maximum atomic E-state index is 13.3. The van der Waals surface area contributed by atoms with Crippen LogP contribution in [0.15, 0.2) is 30.5 Å². The molecule has 104 valence electrons. The van der Waals surface area contributed by atoms with Gasteiger partial charge in [-0.25, -0.2) is 9.37 Å². The summed E-state index contributed by atoms with van der Waals surface area (Å²) >= 11 is 5.83. The lowest BCUT2D eigenvalue weighted by Gasteiger charge is -2.06. The summed E-state index contributed by atoms with van der Waals surface area (Å²) in [6.45, 7) is 0.606. The predicted molar refractivity (Wildman–Crippen MR) is 76.4 cm³/mol. The van der Waals surface area contributed by atoms with E-state index in [4.69, 9.17) is 11.6 Å². The maximum absolute atomic E-state index is 13.3. The van der Waals surface area contributed by atoms with Crippen LogP contribution >= 0.6 is 11.6 Å². The second-order valence-electron chi connectivity index (χ2n) is 4.67. The molecule has 0 aliphatic carbocycles. The van der Waals surface area contributed by atoms with Gasteiger partial charge in [0.2, 0.25) is 0 Å². The van der Waals surface area contributed by atoms with Gasteiger partial charge in [-0.05, 0) is 18.2 Å². The smallest absolute Gasteiger partial charge is 0.125 e. The molecule has 0 bridgehead atoms. The highest BCUT2D eigenvalue weighted by molar-refractivity contribution is 6.17. The summed E-state index contributed by atoms with van der Waals surface area (Å²) in [4.78, 5) is 4.47. The van der Waals surface area contributed by atoms with E-state index in [0.29, 0.717) is 24.4 Å². The SMILES string of the molecule is Cn1ccc(Cn2c(CCCl)nc3cc(F)ccc32)n1. The maximum Gasteiger partial charge on any atom is 0.125 e. The van der Waals surface area contributed by atoms with Gasteiger partial charge in [0.1, 0.15) is 11.6 Å². The van der Waals surface area contributed by atoms with Crippen molar-refractivity contribution in [3.63, 3.8) is 0 Å². The summed E-state index contributed by atoms with van der Waals surface area (Å²) < 4.78 is 17.1. The lowest BCUT2D eigenvalue weighted by Crippen LogP contribution is -2.07. The number of aromatic nitrogens is 4. The van der Waals surface area contributed by atoms with E-state index >= 15 is 0 Å². The normalized spacial score (nSPS) is 11.3. The molecule has 20 heavy (non-hydrogen) atoms. The molecule has 2 heterocycles. The average Bonchev–Trinajstić information content (AvgIpc) is 2.95. The number of hydrogen-bond acceptors (Lipinski definition) is 2. The zero-order valence-electron chi connectivity index (χ0n) is 11.1. The number of benzene rings is 1. The molecule has 0 saturated heterocycles. The first kappa shape index (κ1) is 13.1. The van der Waals surface area contributed by atoms with E-state index < -0.39 is 0 Å². The van der Waals surface area contributed by atoms with Gasteiger partial charge in [-0.3, -0.25) is 4.68 Å². The molecule has 0 amide bonds. The van der Waals surface area contributed by atoms with E-state index in [2.05, 4.69) is 10.1 Å². The number of imidazole rings is 1. The molecule has 0 fully saturated rings.